The summed E-state index contributed by atoms with van der Waals surface area (Å²) in [6.45, 7) is 4.06. The first-order valence-electron chi connectivity index (χ1n) is 7.22. The molecule has 6 nitrogen and oxygen atoms in total. The van der Waals surface area contributed by atoms with E-state index in [-0.39, 0.29) is 12.5 Å². The molecule has 2 aromatic heterocycles. The van der Waals surface area contributed by atoms with Gasteiger partial charge in [0.1, 0.15) is 0 Å². The van der Waals surface area contributed by atoms with Crippen LogP contribution < -0.4 is 5.32 Å². The first-order valence-corrected chi connectivity index (χ1v) is 7.22. The Morgan fingerprint density at radius 1 is 1.09 bits per heavy atom. The van der Waals surface area contributed by atoms with Crippen molar-refractivity contribution >= 4 is 5.91 Å². The molecule has 1 aromatic carbocycles. The van der Waals surface area contributed by atoms with E-state index in [1.165, 1.54) is 0 Å². The Labute approximate surface area is 133 Å². The van der Waals surface area contributed by atoms with E-state index in [2.05, 4.69) is 20.5 Å². The fourth-order valence-corrected chi connectivity index (χ4v) is 2.00. The molecule has 0 saturated carbocycles. The molecule has 116 valence electrons. The summed E-state index contributed by atoms with van der Waals surface area (Å²) in [4.78, 5) is 16.2. The van der Waals surface area contributed by atoms with Crippen molar-refractivity contribution in [3.05, 3.63) is 65.3 Å². The second-order valence-electron chi connectivity index (χ2n) is 5.24. The first-order chi connectivity index (χ1) is 11.1. The Morgan fingerprint density at radius 2 is 1.87 bits per heavy atom. The highest BCUT2D eigenvalue weighted by Gasteiger charge is 2.11. The zero-order valence-corrected chi connectivity index (χ0v) is 12.9. The number of aromatic nitrogens is 3. The highest BCUT2D eigenvalue weighted by molar-refractivity contribution is 5.94. The average molecular weight is 308 g/mol. The van der Waals surface area contributed by atoms with Gasteiger partial charge < -0.3 is 9.73 Å². The maximum absolute atomic E-state index is 12.0. The van der Waals surface area contributed by atoms with Gasteiger partial charge in [0.05, 0.1) is 12.1 Å². The number of aryl methyl sites for hydroxylation is 2. The van der Waals surface area contributed by atoms with Crippen LogP contribution >= 0.6 is 0 Å². The molecule has 0 radical (unpaired) electrons. The molecule has 0 spiro atoms. The van der Waals surface area contributed by atoms with Crippen LogP contribution in [0.15, 0.2) is 47.0 Å². The highest BCUT2D eigenvalue weighted by atomic mass is 16.4. The fraction of sp³-hybridized carbons (Fsp3) is 0.176. The van der Waals surface area contributed by atoms with Crippen molar-refractivity contribution in [1.82, 2.24) is 20.5 Å². The van der Waals surface area contributed by atoms with Crippen molar-refractivity contribution in [2.75, 3.05) is 0 Å². The van der Waals surface area contributed by atoms with Gasteiger partial charge in [-0.15, -0.1) is 10.2 Å². The molecule has 0 atom stereocenters. The van der Waals surface area contributed by atoms with E-state index in [9.17, 15) is 4.79 Å². The summed E-state index contributed by atoms with van der Waals surface area (Å²) in [6, 6.07) is 11.1. The zero-order chi connectivity index (χ0) is 16.2. The molecule has 2 heterocycles. The molecule has 0 saturated heterocycles. The molecule has 0 bridgehead atoms. The maximum Gasteiger partial charge on any atom is 0.251 e. The van der Waals surface area contributed by atoms with Gasteiger partial charge >= 0.3 is 0 Å². The number of amides is 1. The minimum Gasteiger partial charge on any atom is -0.419 e. The standard InChI is InChI=1S/C17H16N4O2/c1-11-3-6-13(7-4-11)16(22)19-10-15-20-21-17(23-15)14-8-5-12(2)18-9-14/h3-9H,10H2,1-2H3,(H,19,22). The number of benzene rings is 1. The SMILES string of the molecule is Cc1ccc(C(=O)NCc2nnc(-c3ccc(C)nc3)o2)cc1. The van der Waals surface area contributed by atoms with Crippen LogP contribution in [0, 0.1) is 13.8 Å². The Hall–Kier alpha value is -3.02. The van der Waals surface area contributed by atoms with Gasteiger partial charge in [-0.3, -0.25) is 9.78 Å². The van der Waals surface area contributed by atoms with Crippen LogP contribution in [0.1, 0.15) is 27.5 Å². The first kappa shape index (κ1) is 14.9. The van der Waals surface area contributed by atoms with Gasteiger partial charge in [0.25, 0.3) is 5.91 Å². The minimum absolute atomic E-state index is 0.179. The van der Waals surface area contributed by atoms with Crippen molar-refractivity contribution < 1.29 is 9.21 Å². The summed E-state index contributed by atoms with van der Waals surface area (Å²) in [5.41, 5.74) is 3.37. The molecule has 1 N–H and O–H groups in total. The molecule has 1 amide bonds. The number of nitrogens with one attached hydrogen (secondary N) is 1. The molecule has 0 unspecified atom stereocenters. The van der Waals surface area contributed by atoms with Crippen LogP contribution in [0.4, 0.5) is 0 Å². The molecular weight excluding hydrogens is 292 g/mol. The molecule has 0 fully saturated rings. The molecule has 0 aliphatic rings. The second-order valence-corrected chi connectivity index (χ2v) is 5.24. The Morgan fingerprint density at radius 3 is 2.57 bits per heavy atom. The lowest BCUT2D eigenvalue weighted by molar-refractivity contribution is 0.0947. The van der Waals surface area contributed by atoms with E-state index in [1.807, 2.05) is 38.1 Å². The van der Waals surface area contributed by atoms with Crippen molar-refractivity contribution in [1.29, 1.82) is 0 Å². The zero-order valence-electron chi connectivity index (χ0n) is 12.9. The van der Waals surface area contributed by atoms with E-state index in [0.29, 0.717) is 17.3 Å². The van der Waals surface area contributed by atoms with Crippen molar-refractivity contribution in [3.63, 3.8) is 0 Å². The number of hydrogen-bond donors (Lipinski definition) is 1. The third-order valence-corrected chi connectivity index (χ3v) is 3.34. The molecule has 0 aliphatic carbocycles. The summed E-state index contributed by atoms with van der Waals surface area (Å²) >= 11 is 0. The van der Waals surface area contributed by atoms with E-state index < -0.39 is 0 Å². The quantitative estimate of drug-likeness (QED) is 0.801. The number of carbonyl (C=O) groups excluding carboxylic acids is 1. The number of hydrogen-bond acceptors (Lipinski definition) is 5. The predicted molar refractivity (Wildman–Crippen MR) is 84.6 cm³/mol. The molecule has 0 aliphatic heterocycles. The number of nitrogens with zero attached hydrogens (tertiary/aromatic N) is 3. The van der Waals surface area contributed by atoms with Crippen molar-refractivity contribution in [2.24, 2.45) is 0 Å². The Kier molecular flexibility index (Phi) is 4.14. The van der Waals surface area contributed by atoms with E-state index in [0.717, 1.165) is 16.8 Å². The lowest BCUT2D eigenvalue weighted by atomic mass is 10.1. The monoisotopic (exact) mass is 308 g/mol. The fourth-order valence-electron chi connectivity index (χ4n) is 2.00. The number of rotatable bonds is 4. The molecule has 6 heteroatoms. The van der Waals surface area contributed by atoms with Crippen LogP contribution in [-0.2, 0) is 6.54 Å². The lowest BCUT2D eigenvalue weighted by Gasteiger charge is -2.02. The normalized spacial score (nSPS) is 10.5. The third kappa shape index (κ3) is 3.60. The summed E-state index contributed by atoms with van der Waals surface area (Å²) in [7, 11) is 0. The smallest absolute Gasteiger partial charge is 0.251 e. The van der Waals surface area contributed by atoms with Crippen molar-refractivity contribution in [3.8, 4) is 11.5 Å². The number of carbonyl (C=O) groups is 1. The lowest BCUT2D eigenvalue weighted by Crippen LogP contribution is -2.22. The van der Waals surface area contributed by atoms with Crippen molar-refractivity contribution in [2.45, 2.75) is 20.4 Å². The van der Waals surface area contributed by atoms with Gasteiger partial charge in [-0.1, -0.05) is 17.7 Å². The van der Waals surface area contributed by atoms with E-state index in [1.54, 1.807) is 18.3 Å². The number of pyridine rings is 1. The van der Waals surface area contributed by atoms with Gasteiger partial charge in [-0.25, -0.2) is 0 Å². The largest absolute Gasteiger partial charge is 0.419 e. The Bertz CT molecular complexity index is 807. The van der Waals surface area contributed by atoms with E-state index >= 15 is 0 Å². The van der Waals surface area contributed by atoms with Crippen LogP contribution in [0.25, 0.3) is 11.5 Å². The predicted octanol–water partition coefficient (Wildman–Crippen LogP) is 2.68. The third-order valence-electron chi connectivity index (χ3n) is 3.34. The summed E-state index contributed by atoms with van der Waals surface area (Å²) in [5.74, 6) is 0.555. The average Bonchev–Trinajstić information content (AvgIpc) is 3.03. The molecule has 3 aromatic rings. The molecular formula is C17H16N4O2. The highest BCUT2D eigenvalue weighted by Crippen LogP contribution is 2.16. The Balaban J connectivity index is 1.64. The topological polar surface area (TPSA) is 80.9 Å². The summed E-state index contributed by atoms with van der Waals surface area (Å²) in [5, 5.41) is 10.7. The maximum atomic E-state index is 12.0. The van der Waals surface area contributed by atoms with Gasteiger partial charge in [0.15, 0.2) is 0 Å². The van der Waals surface area contributed by atoms with Crippen LogP contribution in [0.3, 0.4) is 0 Å². The van der Waals surface area contributed by atoms with Crippen LogP contribution in [0.5, 0.6) is 0 Å². The summed E-state index contributed by atoms with van der Waals surface area (Å²) in [6.07, 6.45) is 1.68. The van der Waals surface area contributed by atoms with Gasteiger partial charge in [0.2, 0.25) is 11.8 Å². The molecule has 3 rings (SSSR count). The van der Waals surface area contributed by atoms with Gasteiger partial charge in [0, 0.05) is 17.5 Å². The van der Waals surface area contributed by atoms with Crippen LogP contribution in [0.2, 0.25) is 0 Å². The van der Waals surface area contributed by atoms with E-state index in [4.69, 9.17) is 4.42 Å². The van der Waals surface area contributed by atoms with Gasteiger partial charge in [-0.05, 0) is 38.1 Å². The van der Waals surface area contributed by atoms with Crippen LogP contribution in [-0.4, -0.2) is 21.1 Å². The second kappa shape index (κ2) is 6.39. The minimum atomic E-state index is -0.179. The molecule has 23 heavy (non-hydrogen) atoms. The summed E-state index contributed by atoms with van der Waals surface area (Å²) < 4.78 is 5.54. The van der Waals surface area contributed by atoms with Gasteiger partial charge in [-0.2, -0.15) is 0 Å².